The van der Waals surface area contributed by atoms with Crippen LogP contribution in [0.3, 0.4) is 0 Å². The number of guanidine groups is 1. The van der Waals surface area contributed by atoms with Crippen LogP contribution < -0.4 is 10.6 Å². The molecule has 23 heavy (non-hydrogen) atoms. The lowest BCUT2D eigenvalue weighted by Gasteiger charge is -2.35. The lowest BCUT2D eigenvalue weighted by molar-refractivity contribution is 0.0132. The van der Waals surface area contributed by atoms with E-state index >= 15 is 0 Å². The Bertz CT molecular complexity index is 351. The highest BCUT2D eigenvalue weighted by Gasteiger charge is 2.22. The Kier molecular flexibility index (Phi) is 8.12. The maximum atomic E-state index is 5.65. The van der Waals surface area contributed by atoms with Crippen molar-refractivity contribution in [2.75, 3.05) is 53.0 Å². The van der Waals surface area contributed by atoms with Crippen molar-refractivity contribution in [2.45, 2.75) is 45.3 Å². The van der Waals surface area contributed by atoms with Gasteiger partial charge in [-0.25, -0.2) is 0 Å². The summed E-state index contributed by atoms with van der Waals surface area (Å²) in [4.78, 5) is 6.89. The Morgan fingerprint density at radius 2 is 2.00 bits per heavy atom. The summed E-state index contributed by atoms with van der Waals surface area (Å²) in [6.07, 6.45) is 3.84. The zero-order valence-electron chi connectivity index (χ0n) is 15.0. The van der Waals surface area contributed by atoms with E-state index in [1.54, 1.807) is 0 Å². The van der Waals surface area contributed by atoms with Crippen molar-refractivity contribution in [2.24, 2.45) is 10.9 Å². The Balaban J connectivity index is 1.77. The molecule has 2 rings (SSSR count). The monoisotopic (exact) mass is 326 g/mol. The molecule has 2 N–H and O–H groups in total. The second kappa shape index (κ2) is 10.1. The first-order valence-electron chi connectivity index (χ1n) is 9.07. The third-order valence-corrected chi connectivity index (χ3v) is 4.56. The van der Waals surface area contributed by atoms with Crippen LogP contribution in [0.15, 0.2) is 4.99 Å². The van der Waals surface area contributed by atoms with Crippen LogP contribution in [0, 0.1) is 5.92 Å². The zero-order chi connectivity index (χ0) is 16.5. The normalized spacial score (nSPS) is 24.9. The topological polar surface area (TPSA) is 58.1 Å². The SMILES string of the molecule is CN=C(NCC1CCCO1)NCC(CC(C)C)N1CCOCC1. The Morgan fingerprint density at radius 1 is 1.22 bits per heavy atom. The van der Waals surface area contributed by atoms with Gasteiger partial charge in [-0.1, -0.05) is 13.8 Å². The first-order chi connectivity index (χ1) is 11.2. The van der Waals surface area contributed by atoms with Crippen LogP contribution in [0.2, 0.25) is 0 Å². The molecule has 6 heteroatoms. The maximum absolute atomic E-state index is 5.65. The van der Waals surface area contributed by atoms with Gasteiger partial charge in [0.05, 0.1) is 19.3 Å². The minimum absolute atomic E-state index is 0.333. The van der Waals surface area contributed by atoms with E-state index in [-0.39, 0.29) is 0 Å². The van der Waals surface area contributed by atoms with Gasteiger partial charge < -0.3 is 20.1 Å². The fourth-order valence-corrected chi connectivity index (χ4v) is 3.30. The predicted molar refractivity (Wildman–Crippen MR) is 94.0 cm³/mol. The molecule has 2 aliphatic rings. The summed E-state index contributed by atoms with van der Waals surface area (Å²) < 4.78 is 11.1. The molecule has 2 heterocycles. The average molecular weight is 326 g/mol. The van der Waals surface area contributed by atoms with E-state index in [4.69, 9.17) is 9.47 Å². The van der Waals surface area contributed by atoms with Crippen molar-refractivity contribution >= 4 is 5.96 Å². The Labute approximate surface area is 141 Å². The highest BCUT2D eigenvalue weighted by Crippen LogP contribution is 2.13. The first-order valence-corrected chi connectivity index (χ1v) is 9.07. The van der Waals surface area contributed by atoms with Crippen LogP contribution in [0.5, 0.6) is 0 Å². The predicted octanol–water partition coefficient (Wildman–Crippen LogP) is 1.08. The number of morpholine rings is 1. The fraction of sp³-hybridized carbons (Fsp3) is 0.941. The summed E-state index contributed by atoms with van der Waals surface area (Å²) in [5.41, 5.74) is 0. The van der Waals surface area contributed by atoms with Crippen LogP contribution in [-0.2, 0) is 9.47 Å². The molecule has 2 fully saturated rings. The van der Waals surface area contributed by atoms with Crippen molar-refractivity contribution in [3.05, 3.63) is 0 Å². The second-order valence-corrected chi connectivity index (χ2v) is 6.90. The molecule has 0 radical (unpaired) electrons. The largest absolute Gasteiger partial charge is 0.379 e. The molecule has 0 aromatic rings. The highest BCUT2D eigenvalue weighted by atomic mass is 16.5. The Morgan fingerprint density at radius 3 is 2.61 bits per heavy atom. The van der Waals surface area contributed by atoms with E-state index in [1.165, 1.54) is 12.8 Å². The third kappa shape index (κ3) is 6.65. The van der Waals surface area contributed by atoms with Gasteiger partial charge in [-0.2, -0.15) is 0 Å². The van der Waals surface area contributed by atoms with Gasteiger partial charge >= 0.3 is 0 Å². The van der Waals surface area contributed by atoms with Gasteiger partial charge in [-0.05, 0) is 25.2 Å². The Hall–Kier alpha value is -0.850. The van der Waals surface area contributed by atoms with Crippen molar-refractivity contribution in [1.29, 1.82) is 0 Å². The lowest BCUT2D eigenvalue weighted by atomic mass is 10.0. The number of ether oxygens (including phenoxy) is 2. The van der Waals surface area contributed by atoms with Gasteiger partial charge in [0.15, 0.2) is 5.96 Å². The summed E-state index contributed by atoms with van der Waals surface area (Å²) >= 11 is 0. The van der Waals surface area contributed by atoms with E-state index in [0.717, 1.165) is 58.4 Å². The van der Waals surface area contributed by atoms with Gasteiger partial charge in [0, 0.05) is 45.9 Å². The van der Waals surface area contributed by atoms with E-state index in [2.05, 4.69) is 34.4 Å². The molecular weight excluding hydrogens is 292 g/mol. The summed E-state index contributed by atoms with van der Waals surface area (Å²) in [6.45, 7) is 11.0. The molecule has 2 saturated heterocycles. The van der Waals surface area contributed by atoms with Gasteiger partial charge in [0.25, 0.3) is 0 Å². The first kappa shape index (κ1) is 18.5. The van der Waals surface area contributed by atoms with Crippen molar-refractivity contribution in [1.82, 2.24) is 15.5 Å². The quantitative estimate of drug-likeness (QED) is 0.541. The molecule has 134 valence electrons. The van der Waals surface area contributed by atoms with E-state index in [1.807, 2.05) is 7.05 Å². The van der Waals surface area contributed by atoms with Gasteiger partial charge in [0.1, 0.15) is 0 Å². The standard InChI is InChI=1S/C17H34N4O2/c1-14(2)11-15(21-6-9-22-10-7-21)12-19-17(18-3)20-13-16-5-4-8-23-16/h14-16H,4-13H2,1-3H3,(H2,18,19,20). The minimum Gasteiger partial charge on any atom is -0.379 e. The number of aliphatic imine (C=N–C) groups is 1. The van der Waals surface area contributed by atoms with E-state index in [0.29, 0.717) is 18.1 Å². The third-order valence-electron chi connectivity index (χ3n) is 4.56. The molecule has 0 spiro atoms. The van der Waals surface area contributed by atoms with Crippen LogP contribution >= 0.6 is 0 Å². The number of rotatable bonds is 7. The van der Waals surface area contributed by atoms with Crippen LogP contribution in [0.4, 0.5) is 0 Å². The molecule has 2 unspecified atom stereocenters. The van der Waals surface area contributed by atoms with Crippen molar-refractivity contribution < 1.29 is 9.47 Å². The summed E-state index contributed by atoms with van der Waals surface area (Å²) in [6, 6.07) is 0.528. The number of nitrogens with one attached hydrogen (secondary N) is 2. The van der Waals surface area contributed by atoms with E-state index in [9.17, 15) is 0 Å². The van der Waals surface area contributed by atoms with E-state index < -0.39 is 0 Å². The average Bonchev–Trinajstić information content (AvgIpc) is 3.07. The van der Waals surface area contributed by atoms with Crippen LogP contribution in [0.25, 0.3) is 0 Å². The molecule has 2 atom stereocenters. The molecule has 0 saturated carbocycles. The van der Waals surface area contributed by atoms with Crippen molar-refractivity contribution in [3.63, 3.8) is 0 Å². The molecule has 0 amide bonds. The molecule has 6 nitrogen and oxygen atoms in total. The highest BCUT2D eigenvalue weighted by molar-refractivity contribution is 5.79. The van der Waals surface area contributed by atoms with Gasteiger partial charge in [-0.15, -0.1) is 0 Å². The molecule has 0 aromatic heterocycles. The van der Waals surface area contributed by atoms with Crippen LogP contribution in [-0.4, -0.2) is 76.1 Å². The van der Waals surface area contributed by atoms with Gasteiger partial charge in [-0.3, -0.25) is 9.89 Å². The summed E-state index contributed by atoms with van der Waals surface area (Å²) in [5.74, 6) is 1.56. The molecule has 2 aliphatic heterocycles. The fourth-order valence-electron chi connectivity index (χ4n) is 3.30. The van der Waals surface area contributed by atoms with Crippen LogP contribution in [0.1, 0.15) is 33.1 Å². The minimum atomic E-state index is 0.333. The molecular formula is C17H34N4O2. The number of nitrogens with zero attached hydrogens (tertiary/aromatic N) is 2. The summed E-state index contributed by atoms with van der Waals surface area (Å²) in [7, 11) is 1.83. The number of hydrogen-bond acceptors (Lipinski definition) is 4. The number of hydrogen-bond donors (Lipinski definition) is 2. The second-order valence-electron chi connectivity index (χ2n) is 6.90. The maximum Gasteiger partial charge on any atom is 0.191 e. The van der Waals surface area contributed by atoms with Gasteiger partial charge in [0.2, 0.25) is 0 Å². The zero-order valence-corrected chi connectivity index (χ0v) is 15.0. The molecule has 0 bridgehead atoms. The lowest BCUT2D eigenvalue weighted by Crippen LogP contribution is -2.51. The smallest absolute Gasteiger partial charge is 0.191 e. The van der Waals surface area contributed by atoms with Crippen molar-refractivity contribution in [3.8, 4) is 0 Å². The molecule has 0 aliphatic carbocycles. The summed E-state index contributed by atoms with van der Waals surface area (Å²) in [5, 5.41) is 6.89. The molecule has 0 aromatic carbocycles.